The van der Waals surface area contributed by atoms with Crippen molar-refractivity contribution in [1.82, 2.24) is 0 Å². The largest absolute Gasteiger partial charge is 0.385 e. The van der Waals surface area contributed by atoms with Crippen LogP contribution in [-0.4, -0.2) is 18.8 Å². The van der Waals surface area contributed by atoms with E-state index in [4.69, 9.17) is 4.74 Å². The van der Waals surface area contributed by atoms with Gasteiger partial charge in [-0.05, 0) is 43.7 Å². The smallest absolute Gasteiger partial charge is 0.0963 e. The summed E-state index contributed by atoms with van der Waals surface area (Å²) in [6.45, 7) is 4.62. The van der Waals surface area contributed by atoms with Crippen LogP contribution in [0.2, 0.25) is 0 Å². The molecule has 0 fully saturated rings. The Morgan fingerprint density at radius 1 is 1.57 bits per heavy atom. The number of hydrogen-bond acceptors (Lipinski definition) is 3. The fourth-order valence-electron chi connectivity index (χ4n) is 1.60. The van der Waals surface area contributed by atoms with Gasteiger partial charge in [0.15, 0.2) is 0 Å². The highest BCUT2D eigenvalue weighted by Crippen LogP contribution is 2.32. The van der Waals surface area contributed by atoms with Gasteiger partial charge in [0.2, 0.25) is 0 Å². The Labute approximate surface area is 89.5 Å². The van der Waals surface area contributed by atoms with Crippen molar-refractivity contribution in [3.63, 3.8) is 0 Å². The van der Waals surface area contributed by atoms with Gasteiger partial charge in [-0.25, -0.2) is 0 Å². The van der Waals surface area contributed by atoms with Crippen LogP contribution in [0.25, 0.3) is 0 Å². The molecular weight excluding hydrogens is 196 g/mol. The third-order valence-electron chi connectivity index (χ3n) is 2.36. The summed E-state index contributed by atoms with van der Waals surface area (Å²) in [5.74, 6) is 0. The fourth-order valence-corrected chi connectivity index (χ4v) is 2.62. The van der Waals surface area contributed by atoms with Gasteiger partial charge in [-0.2, -0.15) is 0 Å². The van der Waals surface area contributed by atoms with E-state index >= 15 is 0 Å². The first-order chi connectivity index (χ1) is 6.58. The first-order valence-electron chi connectivity index (χ1n) is 4.84. The van der Waals surface area contributed by atoms with Gasteiger partial charge in [0, 0.05) is 18.6 Å². The van der Waals surface area contributed by atoms with E-state index in [9.17, 15) is 5.11 Å². The third kappa shape index (κ3) is 2.80. The van der Waals surface area contributed by atoms with Crippen molar-refractivity contribution in [1.29, 1.82) is 0 Å². The predicted octanol–water partition coefficient (Wildman–Crippen LogP) is 2.69. The van der Waals surface area contributed by atoms with Crippen LogP contribution in [0.1, 0.15) is 30.2 Å². The molecule has 1 rings (SSSR count). The van der Waals surface area contributed by atoms with Gasteiger partial charge in [0.05, 0.1) is 5.60 Å². The number of thiophene rings is 1. The fraction of sp³-hybridized carbons (Fsp3) is 0.636. The average molecular weight is 214 g/mol. The normalized spacial score (nSPS) is 15.4. The van der Waals surface area contributed by atoms with Gasteiger partial charge in [-0.3, -0.25) is 0 Å². The molecule has 0 amide bonds. The second-order valence-corrected chi connectivity index (χ2v) is 4.72. The molecule has 0 saturated carbocycles. The lowest BCUT2D eigenvalue weighted by Gasteiger charge is -2.22. The summed E-state index contributed by atoms with van der Waals surface area (Å²) in [6, 6.07) is 2.05. The van der Waals surface area contributed by atoms with Crippen LogP contribution in [0.4, 0.5) is 0 Å². The monoisotopic (exact) mass is 214 g/mol. The lowest BCUT2D eigenvalue weighted by atomic mass is 9.96. The van der Waals surface area contributed by atoms with Crippen molar-refractivity contribution in [3.05, 3.63) is 21.9 Å². The molecule has 0 aromatic carbocycles. The van der Waals surface area contributed by atoms with Crippen LogP contribution < -0.4 is 0 Å². The molecule has 1 heterocycles. The molecule has 0 aliphatic heterocycles. The summed E-state index contributed by atoms with van der Waals surface area (Å²) >= 11 is 1.62. The molecule has 3 heteroatoms. The first-order valence-corrected chi connectivity index (χ1v) is 5.72. The molecule has 0 aliphatic carbocycles. The van der Waals surface area contributed by atoms with Crippen LogP contribution in [-0.2, 0) is 10.3 Å². The quantitative estimate of drug-likeness (QED) is 0.764. The maximum absolute atomic E-state index is 10.2. The summed E-state index contributed by atoms with van der Waals surface area (Å²) in [5.41, 5.74) is 0.481. The molecule has 0 saturated heterocycles. The molecule has 0 aliphatic rings. The van der Waals surface area contributed by atoms with Crippen LogP contribution in [0.3, 0.4) is 0 Å². The molecule has 0 radical (unpaired) electrons. The van der Waals surface area contributed by atoms with Crippen LogP contribution >= 0.6 is 11.3 Å². The molecule has 2 nitrogen and oxygen atoms in total. The molecule has 0 spiro atoms. The number of rotatable bonds is 5. The highest BCUT2D eigenvalue weighted by atomic mass is 32.1. The standard InChI is InChI=1S/C11H18O2S/c1-9-5-8-14-10(9)11(2,12)6-4-7-13-3/h5,8,12H,4,6-7H2,1-3H3. The van der Waals surface area contributed by atoms with Crippen molar-refractivity contribution in [2.45, 2.75) is 32.3 Å². The highest BCUT2D eigenvalue weighted by Gasteiger charge is 2.25. The topological polar surface area (TPSA) is 29.5 Å². The zero-order valence-electron chi connectivity index (χ0n) is 9.04. The minimum Gasteiger partial charge on any atom is -0.385 e. The summed E-state index contributed by atoms with van der Waals surface area (Å²) in [6.07, 6.45) is 1.64. The highest BCUT2D eigenvalue weighted by molar-refractivity contribution is 7.10. The van der Waals surface area contributed by atoms with Crippen LogP contribution in [0.15, 0.2) is 11.4 Å². The number of aryl methyl sites for hydroxylation is 1. The average Bonchev–Trinajstić information content (AvgIpc) is 2.52. The Balaban J connectivity index is 2.61. The van der Waals surface area contributed by atoms with E-state index in [1.807, 2.05) is 25.3 Å². The van der Waals surface area contributed by atoms with Crippen LogP contribution in [0, 0.1) is 6.92 Å². The summed E-state index contributed by atoms with van der Waals surface area (Å²) in [4.78, 5) is 1.08. The van der Waals surface area contributed by atoms with Crippen LogP contribution in [0.5, 0.6) is 0 Å². The molecule has 1 atom stereocenters. The Hall–Kier alpha value is -0.380. The second-order valence-electron chi connectivity index (χ2n) is 3.80. The Morgan fingerprint density at radius 2 is 2.29 bits per heavy atom. The van der Waals surface area contributed by atoms with Gasteiger partial charge in [-0.1, -0.05) is 0 Å². The SMILES string of the molecule is COCCCC(C)(O)c1sccc1C. The van der Waals surface area contributed by atoms with E-state index in [1.165, 1.54) is 5.56 Å². The van der Waals surface area contributed by atoms with Crippen molar-refractivity contribution in [2.75, 3.05) is 13.7 Å². The third-order valence-corrected chi connectivity index (χ3v) is 3.63. The van der Waals surface area contributed by atoms with Gasteiger partial charge in [0.1, 0.15) is 0 Å². The Kier molecular flexibility index (Phi) is 4.11. The molecule has 1 aromatic rings. The zero-order chi connectivity index (χ0) is 10.6. The lowest BCUT2D eigenvalue weighted by Crippen LogP contribution is -2.21. The minimum atomic E-state index is -0.698. The van der Waals surface area contributed by atoms with Crippen molar-refractivity contribution >= 4 is 11.3 Å². The first kappa shape index (κ1) is 11.7. The summed E-state index contributed by atoms with van der Waals surface area (Å²) in [7, 11) is 1.69. The van der Waals surface area contributed by atoms with E-state index in [0.29, 0.717) is 6.61 Å². The van der Waals surface area contributed by atoms with E-state index in [1.54, 1.807) is 18.4 Å². The Bertz CT molecular complexity index is 279. The van der Waals surface area contributed by atoms with Gasteiger partial charge < -0.3 is 9.84 Å². The van der Waals surface area contributed by atoms with Gasteiger partial charge in [-0.15, -0.1) is 11.3 Å². The number of aliphatic hydroxyl groups is 1. The lowest BCUT2D eigenvalue weighted by molar-refractivity contribution is 0.0402. The summed E-state index contributed by atoms with van der Waals surface area (Å²) in [5, 5.41) is 12.3. The number of hydrogen-bond donors (Lipinski definition) is 1. The van der Waals surface area contributed by atoms with Gasteiger partial charge in [0.25, 0.3) is 0 Å². The maximum Gasteiger partial charge on any atom is 0.0963 e. The minimum absolute atomic E-state index is 0.698. The molecule has 1 N–H and O–H groups in total. The summed E-state index contributed by atoms with van der Waals surface area (Å²) < 4.78 is 4.98. The maximum atomic E-state index is 10.2. The molecule has 1 aromatic heterocycles. The number of ether oxygens (including phenoxy) is 1. The van der Waals surface area contributed by atoms with Crippen molar-refractivity contribution in [2.24, 2.45) is 0 Å². The van der Waals surface area contributed by atoms with Crippen molar-refractivity contribution < 1.29 is 9.84 Å². The molecule has 80 valence electrons. The second kappa shape index (κ2) is 4.91. The zero-order valence-corrected chi connectivity index (χ0v) is 9.86. The molecule has 1 unspecified atom stereocenters. The van der Waals surface area contributed by atoms with Gasteiger partial charge >= 0.3 is 0 Å². The molecular formula is C11H18O2S. The molecule has 14 heavy (non-hydrogen) atoms. The van der Waals surface area contributed by atoms with E-state index in [2.05, 4.69) is 0 Å². The number of methoxy groups -OCH3 is 1. The van der Waals surface area contributed by atoms with E-state index < -0.39 is 5.60 Å². The van der Waals surface area contributed by atoms with Crippen molar-refractivity contribution in [3.8, 4) is 0 Å². The molecule has 0 bridgehead atoms. The van der Waals surface area contributed by atoms with E-state index in [0.717, 1.165) is 17.7 Å². The van der Waals surface area contributed by atoms with E-state index in [-0.39, 0.29) is 0 Å². The Morgan fingerprint density at radius 3 is 2.79 bits per heavy atom. The predicted molar refractivity (Wildman–Crippen MR) is 59.7 cm³/mol.